The Morgan fingerprint density at radius 1 is 1.36 bits per heavy atom. The zero-order chi connectivity index (χ0) is 24.1. The molecule has 2 heterocycles. The molecule has 9 nitrogen and oxygen atoms in total. The van der Waals surface area contributed by atoms with Crippen LogP contribution in [0.2, 0.25) is 0 Å². The highest BCUT2D eigenvalue weighted by Crippen LogP contribution is 2.33. The van der Waals surface area contributed by atoms with E-state index in [1.165, 1.54) is 18.2 Å². The lowest BCUT2D eigenvalue weighted by Crippen LogP contribution is -2.15. The summed E-state index contributed by atoms with van der Waals surface area (Å²) in [6, 6.07) is 6.51. The van der Waals surface area contributed by atoms with E-state index in [0.717, 1.165) is 29.9 Å². The third kappa shape index (κ3) is 5.59. The third-order valence-electron chi connectivity index (χ3n) is 5.52. The minimum Gasteiger partial charge on any atom is -0.467 e. The molecular weight excluding hydrogens is 426 g/mol. The van der Waals surface area contributed by atoms with Crippen molar-refractivity contribution in [2.45, 2.75) is 53.9 Å². The van der Waals surface area contributed by atoms with Crippen molar-refractivity contribution >= 4 is 17.7 Å². The van der Waals surface area contributed by atoms with Gasteiger partial charge in [0.15, 0.2) is 6.79 Å². The second-order valence-electron chi connectivity index (χ2n) is 8.37. The molecule has 0 fully saturated rings. The van der Waals surface area contributed by atoms with Crippen molar-refractivity contribution in [3.8, 4) is 11.8 Å². The van der Waals surface area contributed by atoms with E-state index in [4.69, 9.17) is 14.2 Å². The van der Waals surface area contributed by atoms with E-state index in [-0.39, 0.29) is 31.3 Å². The summed E-state index contributed by atoms with van der Waals surface area (Å²) >= 11 is 0. The Morgan fingerprint density at radius 3 is 2.79 bits per heavy atom. The SMILES string of the molecule is Cc1cc(/C=C(\C#N)C(=O)OCc2cc([N+](=O)[O-])cc3c2OCOC3)c(C)n1CCC(C)C. The summed E-state index contributed by atoms with van der Waals surface area (Å²) in [5, 5.41) is 20.8. The molecule has 0 saturated carbocycles. The number of aromatic nitrogens is 1. The molecule has 0 N–H and O–H groups in total. The van der Waals surface area contributed by atoms with Crippen LogP contribution in [-0.4, -0.2) is 22.3 Å². The first-order chi connectivity index (χ1) is 15.7. The molecule has 1 aromatic heterocycles. The van der Waals surface area contributed by atoms with E-state index in [2.05, 4.69) is 18.4 Å². The van der Waals surface area contributed by atoms with Gasteiger partial charge >= 0.3 is 5.97 Å². The number of hydrogen-bond donors (Lipinski definition) is 0. The fourth-order valence-corrected chi connectivity index (χ4v) is 3.71. The number of benzene rings is 1. The van der Waals surface area contributed by atoms with Gasteiger partial charge in [0, 0.05) is 41.2 Å². The highest BCUT2D eigenvalue weighted by atomic mass is 16.7. The maximum absolute atomic E-state index is 12.6. The van der Waals surface area contributed by atoms with Crippen LogP contribution in [0.1, 0.15) is 48.3 Å². The summed E-state index contributed by atoms with van der Waals surface area (Å²) in [6.07, 6.45) is 2.54. The van der Waals surface area contributed by atoms with Gasteiger partial charge in [0.05, 0.1) is 11.5 Å². The smallest absolute Gasteiger partial charge is 0.349 e. The number of ether oxygens (including phenoxy) is 3. The minimum absolute atomic E-state index is 0.00152. The Kier molecular flexibility index (Phi) is 7.51. The monoisotopic (exact) mass is 453 g/mol. The Hall–Kier alpha value is -3.64. The van der Waals surface area contributed by atoms with Gasteiger partial charge in [0.2, 0.25) is 0 Å². The van der Waals surface area contributed by atoms with Crippen LogP contribution in [0.15, 0.2) is 23.8 Å². The number of nitriles is 1. The minimum atomic E-state index is -0.809. The molecule has 0 unspecified atom stereocenters. The van der Waals surface area contributed by atoms with Gasteiger partial charge in [-0.05, 0) is 43.9 Å². The fraction of sp³-hybridized carbons (Fsp3) is 0.417. The van der Waals surface area contributed by atoms with Crippen molar-refractivity contribution in [3.63, 3.8) is 0 Å². The number of esters is 1. The lowest BCUT2D eigenvalue weighted by Gasteiger charge is -2.20. The van der Waals surface area contributed by atoms with Crippen molar-refractivity contribution in [3.05, 3.63) is 62.0 Å². The van der Waals surface area contributed by atoms with Crippen LogP contribution in [0, 0.1) is 41.2 Å². The molecule has 0 bridgehead atoms. The molecular formula is C24H27N3O6. The van der Waals surface area contributed by atoms with Crippen LogP contribution in [-0.2, 0) is 34.0 Å². The number of fused-ring (bicyclic) bond motifs is 1. The van der Waals surface area contributed by atoms with Gasteiger partial charge in [-0.25, -0.2) is 4.79 Å². The molecule has 2 aromatic rings. The molecule has 9 heteroatoms. The van der Waals surface area contributed by atoms with E-state index in [0.29, 0.717) is 22.8 Å². The number of nitro groups is 1. The number of carbonyl (C=O) groups is 1. The summed E-state index contributed by atoms with van der Waals surface area (Å²) in [7, 11) is 0. The number of carbonyl (C=O) groups excluding carboxylic acids is 1. The highest BCUT2D eigenvalue weighted by molar-refractivity contribution is 5.98. The number of aryl methyl sites for hydroxylation is 1. The third-order valence-corrected chi connectivity index (χ3v) is 5.52. The summed E-state index contributed by atoms with van der Waals surface area (Å²) in [5.41, 5.74) is 3.34. The number of rotatable bonds is 8. The first-order valence-electron chi connectivity index (χ1n) is 10.7. The zero-order valence-corrected chi connectivity index (χ0v) is 19.2. The molecule has 1 aromatic carbocycles. The van der Waals surface area contributed by atoms with Gasteiger partial charge in [-0.1, -0.05) is 13.8 Å². The number of nitro benzene ring substituents is 1. The Labute approximate surface area is 192 Å². The van der Waals surface area contributed by atoms with Crippen LogP contribution < -0.4 is 4.74 Å². The second-order valence-corrected chi connectivity index (χ2v) is 8.37. The summed E-state index contributed by atoms with van der Waals surface area (Å²) in [4.78, 5) is 23.3. The first-order valence-corrected chi connectivity index (χ1v) is 10.7. The summed E-state index contributed by atoms with van der Waals surface area (Å²) in [5.74, 6) is 0.151. The zero-order valence-electron chi connectivity index (χ0n) is 19.2. The highest BCUT2D eigenvalue weighted by Gasteiger charge is 2.22. The molecule has 0 atom stereocenters. The van der Waals surface area contributed by atoms with E-state index in [1.54, 1.807) is 0 Å². The average Bonchev–Trinajstić information content (AvgIpc) is 3.05. The standard InChI is InChI=1S/C24H27N3O6/c1-15(2)5-6-26-16(3)7-18(17(26)4)8-19(11-25)24(28)32-13-21-10-22(27(29)30)9-20-12-31-14-33-23(20)21/h7-10,15H,5-6,12-14H2,1-4H3/b19-8+. The maximum Gasteiger partial charge on any atom is 0.349 e. The van der Waals surface area contributed by atoms with Gasteiger partial charge < -0.3 is 18.8 Å². The van der Waals surface area contributed by atoms with Crippen LogP contribution in [0.3, 0.4) is 0 Å². The van der Waals surface area contributed by atoms with Gasteiger partial charge in [0.25, 0.3) is 5.69 Å². The average molecular weight is 453 g/mol. The van der Waals surface area contributed by atoms with Crippen molar-refractivity contribution in [2.75, 3.05) is 6.79 Å². The lowest BCUT2D eigenvalue weighted by molar-refractivity contribution is -0.385. The molecule has 1 aliphatic heterocycles. The summed E-state index contributed by atoms with van der Waals surface area (Å²) < 4.78 is 18.1. The van der Waals surface area contributed by atoms with Crippen LogP contribution >= 0.6 is 0 Å². The predicted molar refractivity (Wildman–Crippen MR) is 120 cm³/mol. The van der Waals surface area contributed by atoms with Crippen molar-refractivity contribution in [1.29, 1.82) is 5.26 Å². The molecule has 0 spiro atoms. The van der Waals surface area contributed by atoms with E-state index >= 15 is 0 Å². The Morgan fingerprint density at radius 2 is 2.12 bits per heavy atom. The molecule has 0 aliphatic carbocycles. The van der Waals surface area contributed by atoms with Gasteiger partial charge in [-0.3, -0.25) is 10.1 Å². The quantitative estimate of drug-likeness (QED) is 0.189. The lowest BCUT2D eigenvalue weighted by atomic mass is 10.1. The number of non-ortho nitro benzene ring substituents is 1. The fourth-order valence-electron chi connectivity index (χ4n) is 3.71. The first kappa shape index (κ1) is 24.0. The van der Waals surface area contributed by atoms with Gasteiger partial charge in [0.1, 0.15) is 24.0 Å². The van der Waals surface area contributed by atoms with Gasteiger partial charge in [-0.2, -0.15) is 5.26 Å². The number of hydrogen-bond acceptors (Lipinski definition) is 7. The summed E-state index contributed by atoms with van der Waals surface area (Å²) in [6.45, 7) is 9.02. The molecule has 0 saturated heterocycles. The number of nitrogens with zero attached hydrogens (tertiary/aromatic N) is 3. The van der Waals surface area contributed by atoms with Gasteiger partial charge in [-0.15, -0.1) is 0 Å². The van der Waals surface area contributed by atoms with Crippen molar-refractivity contribution in [2.24, 2.45) is 5.92 Å². The normalized spacial score (nSPS) is 13.3. The molecule has 3 rings (SSSR count). The molecule has 1 aliphatic rings. The predicted octanol–water partition coefficient (Wildman–Crippen LogP) is 4.58. The van der Waals surface area contributed by atoms with Crippen molar-refractivity contribution < 1.29 is 23.9 Å². The second kappa shape index (κ2) is 10.3. The van der Waals surface area contributed by atoms with Crippen LogP contribution in [0.5, 0.6) is 5.75 Å². The Bertz CT molecular complexity index is 1140. The molecule has 0 radical (unpaired) electrons. The van der Waals surface area contributed by atoms with Crippen molar-refractivity contribution in [1.82, 2.24) is 4.57 Å². The maximum atomic E-state index is 12.6. The van der Waals surface area contributed by atoms with E-state index in [9.17, 15) is 20.2 Å². The largest absolute Gasteiger partial charge is 0.467 e. The molecule has 33 heavy (non-hydrogen) atoms. The van der Waals surface area contributed by atoms with E-state index in [1.807, 2.05) is 26.0 Å². The van der Waals surface area contributed by atoms with Crippen LogP contribution in [0.4, 0.5) is 5.69 Å². The molecule has 0 amide bonds. The van der Waals surface area contributed by atoms with E-state index < -0.39 is 10.9 Å². The topological polar surface area (TPSA) is 117 Å². The molecule has 174 valence electrons. The Balaban J connectivity index is 1.80. The van der Waals surface area contributed by atoms with Crippen LogP contribution in [0.25, 0.3) is 6.08 Å².